The molecular weight excluding hydrogens is 280 g/mol. The number of carbonyl (C=O) groups is 1. The Labute approximate surface area is 121 Å². The zero-order valence-electron chi connectivity index (χ0n) is 11.1. The van der Waals surface area contributed by atoms with Crippen LogP contribution in [0.25, 0.3) is 11.4 Å². The number of hydrogen-bond acceptors (Lipinski definition) is 4. The summed E-state index contributed by atoms with van der Waals surface area (Å²) in [6.45, 7) is 3.72. The second kappa shape index (κ2) is 5.88. The first-order valence-corrected chi connectivity index (χ1v) is 6.41. The summed E-state index contributed by atoms with van der Waals surface area (Å²) in [5, 5.41) is 9.80. The van der Waals surface area contributed by atoms with Gasteiger partial charge in [0.15, 0.2) is 5.82 Å². The van der Waals surface area contributed by atoms with Gasteiger partial charge in [-0.15, -0.1) is 0 Å². The van der Waals surface area contributed by atoms with Gasteiger partial charge in [-0.1, -0.05) is 11.6 Å². The molecule has 0 amide bonds. The normalized spacial score (nSPS) is 10.3. The van der Waals surface area contributed by atoms with Crippen LogP contribution in [0.3, 0.4) is 0 Å². The van der Waals surface area contributed by atoms with Gasteiger partial charge in [0.1, 0.15) is 5.56 Å². The van der Waals surface area contributed by atoms with E-state index in [1.54, 1.807) is 38.1 Å². The monoisotopic (exact) mass is 292 g/mol. The number of aryl methyl sites for hydroxylation is 1. The van der Waals surface area contributed by atoms with E-state index in [9.17, 15) is 9.90 Å². The number of rotatable bonds is 4. The maximum atomic E-state index is 11.2. The quantitative estimate of drug-likeness (QED) is 0.937. The Balaban J connectivity index is 2.56. The van der Waals surface area contributed by atoms with Gasteiger partial charge in [-0.05, 0) is 38.1 Å². The molecule has 6 heteroatoms. The van der Waals surface area contributed by atoms with E-state index < -0.39 is 5.97 Å². The Morgan fingerprint density at radius 1 is 1.30 bits per heavy atom. The highest BCUT2D eigenvalue weighted by atomic mass is 35.5. The van der Waals surface area contributed by atoms with Gasteiger partial charge >= 0.3 is 5.97 Å². The fraction of sp³-hybridized carbons (Fsp3) is 0.214. The maximum Gasteiger partial charge on any atom is 0.343 e. The minimum Gasteiger partial charge on any atom is -0.477 e. The van der Waals surface area contributed by atoms with Gasteiger partial charge in [0.05, 0.1) is 12.3 Å². The van der Waals surface area contributed by atoms with Crippen LogP contribution < -0.4 is 4.74 Å². The summed E-state index contributed by atoms with van der Waals surface area (Å²) >= 11 is 5.83. The Kier molecular flexibility index (Phi) is 4.20. The van der Waals surface area contributed by atoms with Crippen LogP contribution in [0.15, 0.2) is 24.3 Å². The molecule has 1 aromatic heterocycles. The van der Waals surface area contributed by atoms with Crippen LogP contribution in [-0.4, -0.2) is 27.7 Å². The van der Waals surface area contributed by atoms with Gasteiger partial charge in [-0.25, -0.2) is 9.78 Å². The first-order chi connectivity index (χ1) is 9.52. The van der Waals surface area contributed by atoms with Crippen LogP contribution in [0.4, 0.5) is 0 Å². The topological polar surface area (TPSA) is 72.3 Å². The molecular formula is C14H13ClN2O3. The van der Waals surface area contributed by atoms with Crippen molar-refractivity contribution >= 4 is 17.6 Å². The molecule has 0 unspecified atom stereocenters. The van der Waals surface area contributed by atoms with E-state index in [-0.39, 0.29) is 11.4 Å². The SMILES string of the molecule is CCOc1nc(-c2ccc(Cl)cc2)nc(C)c1C(=O)O. The number of halogens is 1. The molecule has 104 valence electrons. The second-order valence-electron chi connectivity index (χ2n) is 4.06. The lowest BCUT2D eigenvalue weighted by atomic mass is 10.2. The lowest BCUT2D eigenvalue weighted by molar-refractivity contribution is 0.0690. The Hall–Kier alpha value is -2.14. The zero-order valence-corrected chi connectivity index (χ0v) is 11.8. The molecule has 1 heterocycles. The molecule has 20 heavy (non-hydrogen) atoms. The summed E-state index contributed by atoms with van der Waals surface area (Å²) < 4.78 is 5.31. The second-order valence-corrected chi connectivity index (χ2v) is 4.49. The summed E-state index contributed by atoms with van der Waals surface area (Å²) in [6, 6.07) is 6.99. The van der Waals surface area contributed by atoms with Crippen molar-refractivity contribution in [3.63, 3.8) is 0 Å². The van der Waals surface area contributed by atoms with Crippen molar-refractivity contribution in [1.29, 1.82) is 0 Å². The molecule has 1 N–H and O–H groups in total. The molecule has 0 spiro atoms. The van der Waals surface area contributed by atoms with Crippen molar-refractivity contribution in [3.8, 4) is 17.3 Å². The summed E-state index contributed by atoms with van der Waals surface area (Å²) in [6.07, 6.45) is 0. The van der Waals surface area contributed by atoms with Gasteiger partial charge in [0.25, 0.3) is 0 Å². The largest absolute Gasteiger partial charge is 0.477 e. The standard InChI is InChI=1S/C14H13ClN2O3/c1-3-20-13-11(14(18)19)8(2)16-12(17-13)9-4-6-10(15)7-5-9/h4-7H,3H2,1-2H3,(H,18,19). The average molecular weight is 293 g/mol. The zero-order chi connectivity index (χ0) is 14.7. The van der Waals surface area contributed by atoms with Gasteiger partial charge in [-0.3, -0.25) is 0 Å². The number of nitrogens with zero attached hydrogens (tertiary/aromatic N) is 2. The Morgan fingerprint density at radius 2 is 1.95 bits per heavy atom. The first kappa shape index (κ1) is 14.3. The van der Waals surface area contributed by atoms with E-state index in [4.69, 9.17) is 16.3 Å². The number of benzene rings is 1. The van der Waals surface area contributed by atoms with E-state index in [0.717, 1.165) is 5.56 Å². The molecule has 0 bridgehead atoms. The molecule has 5 nitrogen and oxygen atoms in total. The molecule has 1 aromatic carbocycles. The number of ether oxygens (including phenoxy) is 1. The van der Waals surface area contributed by atoms with Crippen molar-refractivity contribution in [2.45, 2.75) is 13.8 Å². The highest BCUT2D eigenvalue weighted by molar-refractivity contribution is 6.30. The Bertz CT molecular complexity index is 642. The lowest BCUT2D eigenvalue weighted by Crippen LogP contribution is -2.10. The van der Waals surface area contributed by atoms with Crippen molar-refractivity contribution in [2.24, 2.45) is 0 Å². The highest BCUT2D eigenvalue weighted by Crippen LogP contribution is 2.25. The third-order valence-corrected chi connectivity index (χ3v) is 2.91. The molecule has 0 aliphatic rings. The molecule has 0 saturated carbocycles. The summed E-state index contributed by atoms with van der Waals surface area (Å²) in [5.74, 6) is -0.612. The third kappa shape index (κ3) is 2.88. The average Bonchev–Trinajstić information content (AvgIpc) is 2.38. The minimum absolute atomic E-state index is 0.00966. The van der Waals surface area contributed by atoms with Crippen molar-refractivity contribution in [1.82, 2.24) is 9.97 Å². The fourth-order valence-electron chi connectivity index (χ4n) is 1.76. The molecule has 0 aliphatic carbocycles. The van der Waals surface area contributed by atoms with Crippen LogP contribution in [0.2, 0.25) is 5.02 Å². The number of aromatic carboxylic acids is 1. The molecule has 0 radical (unpaired) electrons. The molecule has 0 fully saturated rings. The van der Waals surface area contributed by atoms with Crippen LogP contribution in [0, 0.1) is 6.92 Å². The van der Waals surface area contributed by atoms with E-state index in [1.165, 1.54) is 0 Å². The molecule has 2 aromatic rings. The molecule has 0 atom stereocenters. The minimum atomic E-state index is -1.10. The van der Waals surface area contributed by atoms with Crippen molar-refractivity contribution < 1.29 is 14.6 Å². The number of aromatic nitrogens is 2. The lowest BCUT2D eigenvalue weighted by Gasteiger charge is -2.10. The van der Waals surface area contributed by atoms with Crippen molar-refractivity contribution in [2.75, 3.05) is 6.61 Å². The highest BCUT2D eigenvalue weighted by Gasteiger charge is 2.19. The van der Waals surface area contributed by atoms with Crippen molar-refractivity contribution in [3.05, 3.63) is 40.5 Å². The van der Waals surface area contributed by atoms with Crippen LogP contribution in [-0.2, 0) is 0 Å². The van der Waals surface area contributed by atoms with Crippen LogP contribution in [0.5, 0.6) is 5.88 Å². The molecule has 2 rings (SSSR count). The summed E-state index contributed by atoms with van der Waals surface area (Å²) in [7, 11) is 0. The van der Waals surface area contributed by atoms with E-state index in [1.807, 2.05) is 0 Å². The van der Waals surface area contributed by atoms with E-state index in [0.29, 0.717) is 23.1 Å². The third-order valence-electron chi connectivity index (χ3n) is 2.65. The number of hydrogen-bond donors (Lipinski definition) is 1. The molecule has 0 aliphatic heterocycles. The van der Waals surface area contributed by atoms with E-state index in [2.05, 4.69) is 9.97 Å². The van der Waals surface area contributed by atoms with Gasteiger partial charge in [-0.2, -0.15) is 4.98 Å². The smallest absolute Gasteiger partial charge is 0.343 e. The fourth-order valence-corrected chi connectivity index (χ4v) is 1.89. The number of carboxylic acids is 1. The van der Waals surface area contributed by atoms with Crippen LogP contribution in [0.1, 0.15) is 23.0 Å². The molecule has 0 saturated heterocycles. The Morgan fingerprint density at radius 3 is 2.50 bits per heavy atom. The van der Waals surface area contributed by atoms with Gasteiger partial charge in [0, 0.05) is 10.6 Å². The predicted molar refractivity (Wildman–Crippen MR) is 75.3 cm³/mol. The van der Waals surface area contributed by atoms with Gasteiger partial charge in [0.2, 0.25) is 5.88 Å². The summed E-state index contributed by atoms with van der Waals surface area (Å²) in [5.41, 5.74) is 1.10. The maximum absolute atomic E-state index is 11.2. The predicted octanol–water partition coefficient (Wildman–Crippen LogP) is 3.20. The van der Waals surface area contributed by atoms with Gasteiger partial charge < -0.3 is 9.84 Å². The first-order valence-electron chi connectivity index (χ1n) is 6.03. The van der Waals surface area contributed by atoms with Crippen LogP contribution >= 0.6 is 11.6 Å². The van der Waals surface area contributed by atoms with E-state index >= 15 is 0 Å². The summed E-state index contributed by atoms with van der Waals surface area (Å²) in [4.78, 5) is 19.6. The number of carboxylic acid groups (broad SMARTS) is 1.